The van der Waals surface area contributed by atoms with Crippen LogP contribution in [0, 0.1) is 6.92 Å². The summed E-state index contributed by atoms with van der Waals surface area (Å²) in [6.07, 6.45) is 0. The van der Waals surface area contributed by atoms with Crippen molar-refractivity contribution in [1.82, 2.24) is 0 Å². The first kappa shape index (κ1) is 26.3. The van der Waals surface area contributed by atoms with Gasteiger partial charge in [0.15, 0.2) is 0 Å². The second-order valence-corrected chi connectivity index (χ2v) is 9.57. The molecule has 0 fully saturated rings. The van der Waals surface area contributed by atoms with Crippen molar-refractivity contribution in [1.29, 1.82) is 0 Å². The summed E-state index contributed by atoms with van der Waals surface area (Å²) in [5.74, 6) is 0. The van der Waals surface area contributed by atoms with E-state index in [1.807, 2.05) is 0 Å². The van der Waals surface area contributed by atoms with Crippen molar-refractivity contribution in [2.75, 3.05) is 0 Å². The van der Waals surface area contributed by atoms with Gasteiger partial charge in [0.2, 0.25) is 0 Å². The number of benzene rings is 1. The first-order valence-corrected chi connectivity index (χ1v) is 8.93. The number of hydrogen-bond acceptors (Lipinski definition) is 0. The van der Waals surface area contributed by atoms with Crippen LogP contribution >= 0.6 is 0 Å². The molecule has 2 aromatic rings. The van der Waals surface area contributed by atoms with Crippen molar-refractivity contribution >= 4 is 18.4 Å². The Morgan fingerprint density at radius 3 is 1.81 bits per heavy atom. The fourth-order valence-corrected chi connectivity index (χ4v) is 7.05. The van der Waals surface area contributed by atoms with E-state index in [4.69, 9.17) is 0 Å². The average molecular weight is 396 g/mol. The first-order valence-electron chi connectivity index (χ1n) is 6.52. The normalized spacial score (nSPS) is 9.48. The molecule has 5 heteroatoms. The summed E-state index contributed by atoms with van der Waals surface area (Å²) in [5, 5.41) is 3.18. The predicted octanol–water partition coefficient (Wildman–Crippen LogP) is -5.67. The van der Waals surface area contributed by atoms with Crippen molar-refractivity contribution < 1.29 is 58.9 Å². The van der Waals surface area contributed by atoms with Gasteiger partial charge in [-0.1, -0.05) is 68.4 Å². The molecule has 0 aliphatic rings. The predicted molar refractivity (Wildman–Crippen MR) is 79.2 cm³/mol. The Hall–Kier alpha value is 0.371. The summed E-state index contributed by atoms with van der Waals surface area (Å²) in [4.78, 5) is 0. The molecule has 0 aliphatic heterocycles. The smallest absolute Gasteiger partial charge is 1.00 e. The van der Waals surface area contributed by atoms with Crippen LogP contribution in [0.25, 0.3) is 0 Å². The molecule has 2 aromatic carbocycles. The molecule has 114 valence electrons. The van der Waals surface area contributed by atoms with Crippen LogP contribution in [0.5, 0.6) is 0 Å². The summed E-state index contributed by atoms with van der Waals surface area (Å²) in [6, 6.07) is 20.7. The molecule has 21 heavy (non-hydrogen) atoms. The van der Waals surface area contributed by atoms with Crippen LogP contribution in [-0.2, 0) is 21.7 Å². The molecule has 0 aliphatic carbocycles. The molecular weight excluding hydrogens is 374 g/mol. The van der Waals surface area contributed by atoms with Gasteiger partial charge >= 0.3 is 21.7 Å². The van der Waals surface area contributed by atoms with Gasteiger partial charge in [-0.2, -0.15) is 17.3 Å². The van der Waals surface area contributed by atoms with Gasteiger partial charge in [0.05, 0.1) is 8.07 Å². The van der Waals surface area contributed by atoms with Crippen molar-refractivity contribution in [3.63, 3.8) is 0 Å². The van der Waals surface area contributed by atoms with Gasteiger partial charge in [-0.15, -0.1) is 0 Å². The summed E-state index contributed by atoms with van der Waals surface area (Å²) < 4.78 is 0. The van der Waals surface area contributed by atoms with Crippen LogP contribution in [0.4, 0.5) is 0 Å². The first-order chi connectivity index (χ1) is 8.23. The molecule has 0 amide bonds. The van der Waals surface area contributed by atoms with E-state index in [-0.39, 0.29) is 58.9 Å². The molecule has 0 nitrogen and oxygen atoms in total. The Bertz CT molecular complexity index is 481. The molecular formula is C16H21Cl3SiTi. The third kappa shape index (κ3) is 5.50. The summed E-state index contributed by atoms with van der Waals surface area (Å²) in [5.41, 5.74) is 1.40. The molecule has 0 bridgehead atoms. The maximum Gasteiger partial charge on any atom is 4.00 e. The number of halogens is 3. The van der Waals surface area contributed by atoms with Crippen LogP contribution in [0.3, 0.4) is 0 Å². The van der Waals surface area contributed by atoms with Crippen LogP contribution in [-0.4, -0.2) is 8.07 Å². The minimum Gasteiger partial charge on any atom is -1.00 e. The standard InChI is InChI=1S/C16H21Si.3ClH.Ti/c1-4-17(5-2,15-9-7-6-8-10-15)16-12-11-14(3)13-16;;;;/h6-13H,4-5H2,1-3H3;3*1H;/q-1;;;;+4/p-3. The monoisotopic (exact) mass is 394 g/mol. The zero-order valence-electron chi connectivity index (χ0n) is 12.7. The average Bonchev–Trinajstić information content (AvgIpc) is 2.80. The van der Waals surface area contributed by atoms with Crippen molar-refractivity contribution in [3.05, 3.63) is 54.1 Å². The Balaban J connectivity index is -0.000000810. The minimum absolute atomic E-state index is 0. The molecule has 0 heterocycles. The van der Waals surface area contributed by atoms with Crippen molar-refractivity contribution in [2.45, 2.75) is 32.9 Å². The van der Waals surface area contributed by atoms with E-state index in [1.54, 1.807) is 10.4 Å². The molecule has 2 rings (SSSR count). The molecule has 0 saturated carbocycles. The zero-order valence-corrected chi connectivity index (χ0v) is 17.5. The van der Waals surface area contributed by atoms with Crippen LogP contribution < -0.4 is 47.6 Å². The number of hydrogen-bond donors (Lipinski definition) is 0. The van der Waals surface area contributed by atoms with E-state index in [9.17, 15) is 0 Å². The minimum atomic E-state index is -1.47. The molecule has 0 atom stereocenters. The molecule has 0 spiro atoms. The topological polar surface area (TPSA) is 0 Å². The van der Waals surface area contributed by atoms with Gasteiger partial charge in [0.25, 0.3) is 0 Å². The van der Waals surface area contributed by atoms with E-state index in [0.29, 0.717) is 0 Å². The third-order valence-corrected chi connectivity index (χ3v) is 9.26. The van der Waals surface area contributed by atoms with E-state index >= 15 is 0 Å². The van der Waals surface area contributed by atoms with Crippen LogP contribution in [0.2, 0.25) is 12.1 Å². The number of rotatable bonds is 4. The van der Waals surface area contributed by atoms with Crippen LogP contribution in [0.15, 0.2) is 48.5 Å². The second-order valence-electron chi connectivity index (χ2n) is 4.83. The van der Waals surface area contributed by atoms with E-state index in [2.05, 4.69) is 69.3 Å². The van der Waals surface area contributed by atoms with Gasteiger partial charge < -0.3 is 37.2 Å². The summed E-state index contributed by atoms with van der Waals surface area (Å²) in [6.45, 7) is 6.90. The Kier molecular flexibility index (Phi) is 14.9. The molecule has 0 N–H and O–H groups in total. The van der Waals surface area contributed by atoms with Crippen LogP contribution in [0.1, 0.15) is 19.4 Å². The largest absolute Gasteiger partial charge is 4.00 e. The maximum absolute atomic E-state index is 2.40. The van der Waals surface area contributed by atoms with Gasteiger partial charge in [-0.3, -0.25) is 0 Å². The molecule has 0 saturated heterocycles. The SMILES string of the molecule is CC[Si](CC)(c1ccccc1)[c-]1ccc(C)c1.[Cl-].[Cl-].[Cl-].[Ti+4]. The maximum atomic E-state index is 2.40. The zero-order chi connectivity index (χ0) is 12.3. The molecule has 0 unspecified atom stereocenters. The molecule has 0 aromatic heterocycles. The second kappa shape index (κ2) is 11.9. The fourth-order valence-electron chi connectivity index (χ4n) is 2.85. The van der Waals surface area contributed by atoms with Gasteiger partial charge in [-0.05, 0) is 0 Å². The summed E-state index contributed by atoms with van der Waals surface area (Å²) in [7, 11) is -1.47. The molecule has 0 radical (unpaired) electrons. The Labute approximate surface area is 163 Å². The third-order valence-electron chi connectivity index (χ3n) is 4.00. The van der Waals surface area contributed by atoms with E-state index < -0.39 is 8.07 Å². The van der Waals surface area contributed by atoms with Gasteiger partial charge in [0.1, 0.15) is 0 Å². The van der Waals surface area contributed by atoms with Crippen molar-refractivity contribution in [3.8, 4) is 0 Å². The van der Waals surface area contributed by atoms with Crippen molar-refractivity contribution in [2.24, 2.45) is 0 Å². The summed E-state index contributed by atoms with van der Waals surface area (Å²) >= 11 is 0. The Morgan fingerprint density at radius 2 is 1.43 bits per heavy atom. The van der Waals surface area contributed by atoms with Gasteiger partial charge in [0, 0.05) is 0 Å². The Morgan fingerprint density at radius 1 is 0.905 bits per heavy atom. The van der Waals surface area contributed by atoms with E-state index in [1.165, 1.54) is 17.7 Å². The quantitative estimate of drug-likeness (QED) is 0.358. The fraction of sp³-hybridized carbons (Fsp3) is 0.312. The number of aryl methyl sites for hydroxylation is 1. The van der Waals surface area contributed by atoms with Gasteiger partial charge in [-0.25, -0.2) is 11.6 Å². The van der Waals surface area contributed by atoms with E-state index in [0.717, 1.165) is 0 Å².